The molecule has 0 spiro atoms. The van der Waals surface area contributed by atoms with Crippen LogP contribution in [0.1, 0.15) is 37.9 Å². The van der Waals surface area contributed by atoms with Crippen molar-refractivity contribution in [2.45, 2.75) is 46.3 Å². The maximum absolute atomic E-state index is 6.36. The van der Waals surface area contributed by atoms with Crippen LogP contribution in [-0.4, -0.2) is 25.4 Å². The van der Waals surface area contributed by atoms with Crippen LogP contribution in [0, 0.1) is 0 Å². The lowest BCUT2D eigenvalue weighted by Crippen LogP contribution is -2.21. The van der Waals surface area contributed by atoms with Crippen molar-refractivity contribution in [3.05, 3.63) is 34.6 Å². The lowest BCUT2D eigenvalue weighted by atomic mass is 10.3. The molecule has 5 nitrogen and oxygen atoms in total. The zero-order valence-corrected chi connectivity index (χ0v) is 13.3. The third-order valence-electron chi connectivity index (χ3n) is 3.21. The molecule has 0 radical (unpaired) electrons. The van der Waals surface area contributed by atoms with Gasteiger partial charge in [0.25, 0.3) is 0 Å². The number of halogens is 1. The summed E-state index contributed by atoms with van der Waals surface area (Å²) in [5.74, 6) is 0. The predicted molar refractivity (Wildman–Crippen MR) is 80.9 cm³/mol. The average Bonchev–Trinajstić information content (AvgIpc) is 2.96. The highest BCUT2D eigenvalue weighted by atomic mass is 35.5. The van der Waals surface area contributed by atoms with E-state index in [1.165, 1.54) is 0 Å². The van der Waals surface area contributed by atoms with Crippen molar-refractivity contribution >= 4 is 11.6 Å². The molecule has 1 N–H and O–H groups in total. The molecule has 0 atom stereocenters. The van der Waals surface area contributed by atoms with E-state index in [-0.39, 0.29) is 0 Å². The molecule has 2 heterocycles. The molecule has 0 saturated carbocycles. The van der Waals surface area contributed by atoms with E-state index in [1.807, 2.05) is 28.8 Å². The summed E-state index contributed by atoms with van der Waals surface area (Å²) in [6, 6.07) is 0.457. The van der Waals surface area contributed by atoms with Crippen molar-refractivity contribution in [2.75, 3.05) is 0 Å². The summed E-state index contributed by atoms with van der Waals surface area (Å²) >= 11 is 6.36. The lowest BCUT2D eigenvalue weighted by Gasteiger charge is -2.05. The van der Waals surface area contributed by atoms with Crippen LogP contribution in [0.2, 0.25) is 5.02 Å². The highest BCUT2D eigenvalue weighted by Crippen LogP contribution is 2.21. The van der Waals surface area contributed by atoms with E-state index in [9.17, 15) is 0 Å². The fourth-order valence-corrected chi connectivity index (χ4v) is 2.41. The number of nitrogens with zero attached hydrogens (tertiary/aromatic N) is 4. The summed E-state index contributed by atoms with van der Waals surface area (Å²) in [6.07, 6.45) is 4.73. The van der Waals surface area contributed by atoms with E-state index >= 15 is 0 Å². The van der Waals surface area contributed by atoms with E-state index in [4.69, 9.17) is 11.6 Å². The van der Waals surface area contributed by atoms with Crippen molar-refractivity contribution < 1.29 is 0 Å². The van der Waals surface area contributed by atoms with Crippen LogP contribution >= 0.6 is 11.6 Å². The molecule has 0 aliphatic rings. The van der Waals surface area contributed by atoms with E-state index < -0.39 is 0 Å². The number of aryl methyl sites for hydroxylation is 2. The maximum Gasteiger partial charge on any atom is 0.0953 e. The first kappa shape index (κ1) is 15.1. The second-order valence-corrected chi connectivity index (χ2v) is 5.64. The molecule has 0 fully saturated rings. The highest BCUT2D eigenvalue weighted by Gasteiger charge is 2.13. The van der Waals surface area contributed by atoms with Crippen LogP contribution in [0.4, 0.5) is 0 Å². The van der Waals surface area contributed by atoms with Crippen molar-refractivity contribution in [3.63, 3.8) is 0 Å². The van der Waals surface area contributed by atoms with Crippen LogP contribution in [-0.2, 0) is 26.6 Å². The molecule has 0 unspecified atom stereocenters. The highest BCUT2D eigenvalue weighted by molar-refractivity contribution is 6.31. The molecule has 0 bridgehead atoms. The molecule has 6 heteroatoms. The average molecular weight is 296 g/mol. The number of hydrogen-bond donors (Lipinski definition) is 1. The Kier molecular flexibility index (Phi) is 4.83. The van der Waals surface area contributed by atoms with Gasteiger partial charge in [-0.05, 0) is 6.42 Å². The predicted octanol–water partition coefficient (Wildman–Crippen LogP) is 2.38. The van der Waals surface area contributed by atoms with Crippen molar-refractivity contribution in [1.29, 1.82) is 0 Å². The molecule has 2 rings (SSSR count). The van der Waals surface area contributed by atoms with Gasteiger partial charge in [-0.2, -0.15) is 5.10 Å². The summed E-state index contributed by atoms with van der Waals surface area (Å²) < 4.78 is 3.90. The minimum absolute atomic E-state index is 0.457. The van der Waals surface area contributed by atoms with Crippen LogP contribution in [0.3, 0.4) is 0 Å². The Labute approximate surface area is 125 Å². The van der Waals surface area contributed by atoms with Crippen LogP contribution < -0.4 is 5.32 Å². The maximum atomic E-state index is 6.36. The van der Waals surface area contributed by atoms with Gasteiger partial charge in [0.05, 0.1) is 35.0 Å². The van der Waals surface area contributed by atoms with Crippen LogP contribution in [0.25, 0.3) is 0 Å². The molecular formula is C14H22ClN5. The van der Waals surface area contributed by atoms with Gasteiger partial charge in [-0.3, -0.25) is 4.68 Å². The van der Waals surface area contributed by atoms with Gasteiger partial charge in [0.2, 0.25) is 0 Å². The third-order valence-corrected chi connectivity index (χ3v) is 3.65. The van der Waals surface area contributed by atoms with Gasteiger partial charge in [0, 0.05) is 25.8 Å². The Morgan fingerprint density at radius 3 is 2.75 bits per heavy atom. The Bertz CT molecular complexity index is 570. The van der Waals surface area contributed by atoms with Crippen molar-refractivity contribution in [3.8, 4) is 0 Å². The summed E-state index contributed by atoms with van der Waals surface area (Å²) in [7, 11) is 1.93. The first-order chi connectivity index (χ1) is 9.51. The van der Waals surface area contributed by atoms with Gasteiger partial charge < -0.3 is 9.88 Å². The quantitative estimate of drug-likeness (QED) is 0.890. The van der Waals surface area contributed by atoms with Crippen LogP contribution in [0.5, 0.6) is 0 Å². The van der Waals surface area contributed by atoms with Gasteiger partial charge >= 0.3 is 0 Å². The van der Waals surface area contributed by atoms with Crippen LogP contribution in [0.15, 0.2) is 12.5 Å². The molecule has 2 aromatic rings. The Balaban J connectivity index is 2.09. The molecule has 2 aromatic heterocycles. The number of rotatable bonds is 6. The van der Waals surface area contributed by atoms with E-state index in [1.54, 1.807) is 0 Å². The van der Waals surface area contributed by atoms with Gasteiger partial charge in [0.1, 0.15) is 0 Å². The monoisotopic (exact) mass is 295 g/mol. The number of nitrogens with one attached hydrogen (secondary N) is 1. The molecule has 0 aromatic carbocycles. The van der Waals surface area contributed by atoms with Gasteiger partial charge in [-0.25, -0.2) is 4.98 Å². The van der Waals surface area contributed by atoms with E-state index in [0.717, 1.165) is 35.1 Å². The molecule has 110 valence electrons. The lowest BCUT2D eigenvalue weighted by molar-refractivity contribution is 0.582. The Morgan fingerprint density at radius 2 is 2.15 bits per heavy atom. The first-order valence-corrected chi connectivity index (χ1v) is 7.33. The normalized spacial score (nSPS) is 11.5. The summed E-state index contributed by atoms with van der Waals surface area (Å²) in [5, 5.41) is 8.55. The molecule has 0 saturated heterocycles. The number of hydrogen-bond acceptors (Lipinski definition) is 3. The molecule has 20 heavy (non-hydrogen) atoms. The third kappa shape index (κ3) is 3.41. The zero-order chi connectivity index (χ0) is 14.7. The minimum atomic E-state index is 0.457. The molecule has 0 aliphatic heterocycles. The summed E-state index contributed by atoms with van der Waals surface area (Å²) in [4.78, 5) is 4.40. The smallest absolute Gasteiger partial charge is 0.0953 e. The number of aromatic nitrogens is 4. The number of imidazole rings is 1. The summed E-state index contributed by atoms with van der Waals surface area (Å²) in [6.45, 7) is 7.78. The standard InChI is InChI=1S/C14H22ClN5/c1-5-12-14(15)13(19(4)18-12)8-20-7-11(17-9-20)6-16-10(2)3/h7,9-10,16H,5-6,8H2,1-4H3. The van der Waals surface area contributed by atoms with Gasteiger partial charge in [-0.15, -0.1) is 0 Å². The second kappa shape index (κ2) is 6.41. The fraction of sp³-hybridized carbons (Fsp3) is 0.571. The minimum Gasteiger partial charge on any atom is -0.331 e. The topological polar surface area (TPSA) is 47.7 Å². The van der Waals surface area contributed by atoms with Crippen molar-refractivity contribution in [1.82, 2.24) is 24.6 Å². The zero-order valence-electron chi connectivity index (χ0n) is 12.5. The molecule has 0 amide bonds. The SMILES string of the molecule is CCc1nn(C)c(Cn2cnc(CNC(C)C)c2)c1Cl. The Hall–Kier alpha value is -1.33. The molecular weight excluding hydrogens is 274 g/mol. The Morgan fingerprint density at radius 1 is 1.40 bits per heavy atom. The molecule has 0 aliphatic carbocycles. The van der Waals surface area contributed by atoms with Crippen molar-refractivity contribution in [2.24, 2.45) is 7.05 Å². The largest absolute Gasteiger partial charge is 0.331 e. The second-order valence-electron chi connectivity index (χ2n) is 5.26. The van der Waals surface area contributed by atoms with Gasteiger partial charge in [0.15, 0.2) is 0 Å². The first-order valence-electron chi connectivity index (χ1n) is 6.95. The summed E-state index contributed by atoms with van der Waals surface area (Å²) in [5.41, 5.74) is 3.00. The fourth-order valence-electron chi connectivity index (χ4n) is 2.06. The van der Waals surface area contributed by atoms with E-state index in [0.29, 0.717) is 12.6 Å². The van der Waals surface area contributed by atoms with E-state index in [2.05, 4.69) is 36.2 Å². The van der Waals surface area contributed by atoms with Gasteiger partial charge in [-0.1, -0.05) is 32.4 Å².